The van der Waals surface area contributed by atoms with Gasteiger partial charge in [-0.3, -0.25) is 14.2 Å². The topological polar surface area (TPSA) is 86.9 Å². The molecule has 0 aliphatic heterocycles. The number of carbonyl (C=O) groups is 1. The molecule has 8 nitrogen and oxygen atoms in total. The molecule has 1 atom stereocenters. The van der Waals surface area contributed by atoms with E-state index in [1.807, 2.05) is 45.2 Å². The van der Waals surface area contributed by atoms with Crippen LogP contribution in [0.2, 0.25) is 0 Å². The molecular weight excluding hydrogens is 332 g/mol. The number of carbonyl (C=O) groups excluding carboxylic acids is 1. The van der Waals surface area contributed by atoms with Gasteiger partial charge in [-0.1, -0.05) is 19.1 Å². The average molecular weight is 354 g/mol. The van der Waals surface area contributed by atoms with Crippen molar-refractivity contribution in [3.8, 4) is 16.9 Å². The number of nitrogens with zero attached hydrogens (tertiary/aromatic N) is 5. The zero-order chi connectivity index (χ0) is 18.7. The molecule has 8 heteroatoms. The smallest absolute Gasteiger partial charge is 0.230 e. The molecule has 26 heavy (non-hydrogen) atoms. The van der Waals surface area contributed by atoms with Gasteiger partial charge in [0.15, 0.2) is 0 Å². The van der Waals surface area contributed by atoms with Crippen molar-refractivity contribution in [1.82, 2.24) is 24.5 Å². The number of hydrogen-bond donors (Lipinski definition) is 1. The summed E-state index contributed by atoms with van der Waals surface area (Å²) >= 11 is 0. The van der Waals surface area contributed by atoms with Crippen molar-refractivity contribution in [2.75, 3.05) is 12.4 Å². The Hall–Kier alpha value is -3.16. The lowest BCUT2D eigenvalue weighted by atomic mass is 10.1. The molecule has 136 valence electrons. The molecular formula is C18H22N6O2. The molecule has 1 aromatic carbocycles. The number of hydrogen-bond acceptors (Lipinski definition) is 5. The monoisotopic (exact) mass is 354 g/mol. The molecule has 1 N–H and O–H groups in total. The Morgan fingerprint density at radius 2 is 2.04 bits per heavy atom. The van der Waals surface area contributed by atoms with Crippen molar-refractivity contribution >= 4 is 11.7 Å². The van der Waals surface area contributed by atoms with Gasteiger partial charge in [-0.15, -0.1) is 0 Å². The van der Waals surface area contributed by atoms with E-state index < -0.39 is 0 Å². The predicted octanol–water partition coefficient (Wildman–Crippen LogP) is 2.27. The molecule has 3 rings (SSSR count). The number of ether oxygens (including phenoxy) is 1. The van der Waals surface area contributed by atoms with Gasteiger partial charge in [-0.2, -0.15) is 10.2 Å². The maximum atomic E-state index is 12.7. The van der Waals surface area contributed by atoms with Gasteiger partial charge in [-0.05, 0) is 24.6 Å². The molecule has 0 fully saturated rings. The summed E-state index contributed by atoms with van der Waals surface area (Å²) in [5.74, 6) is 1.08. The van der Waals surface area contributed by atoms with Crippen LogP contribution >= 0.6 is 0 Å². The Balaban J connectivity index is 1.84. The summed E-state index contributed by atoms with van der Waals surface area (Å²) in [5.41, 5.74) is 2.71. The third-order valence-electron chi connectivity index (χ3n) is 4.22. The largest absolute Gasteiger partial charge is 0.497 e. The molecule has 1 amide bonds. The highest BCUT2D eigenvalue weighted by atomic mass is 16.5. The highest BCUT2D eigenvalue weighted by Crippen LogP contribution is 2.32. The van der Waals surface area contributed by atoms with Crippen LogP contribution in [-0.2, 0) is 18.4 Å². The zero-order valence-electron chi connectivity index (χ0n) is 15.3. The molecule has 2 heterocycles. The van der Waals surface area contributed by atoms with Crippen LogP contribution in [-0.4, -0.2) is 37.6 Å². The number of anilines is 1. The van der Waals surface area contributed by atoms with Crippen LogP contribution < -0.4 is 10.1 Å². The maximum absolute atomic E-state index is 12.7. The van der Waals surface area contributed by atoms with Crippen molar-refractivity contribution in [2.45, 2.75) is 20.4 Å². The normalized spacial score (nSPS) is 12.0. The first-order valence-corrected chi connectivity index (χ1v) is 8.31. The summed E-state index contributed by atoms with van der Waals surface area (Å²) < 4.78 is 8.54. The van der Waals surface area contributed by atoms with Crippen LogP contribution in [0.4, 0.5) is 5.82 Å². The van der Waals surface area contributed by atoms with Gasteiger partial charge in [0.2, 0.25) is 5.91 Å². The first-order chi connectivity index (χ1) is 12.5. The lowest BCUT2D eigenvalue weighted by Gasteiger charge is -2.14. The summed E-state index contributed by atoms with van der Waals surface area (Å²) in [6.07, 6.45) is 3.05. The Labute approximate surface area is 151 Å². The second-order valence-corrected chi connectivity index (χ2v) is 6.17. The minimum Gasteiger partial charge on any atom is -0.497 e. The van der Waals surface area contributed by atoms with Crippen LogP contribution in [0, 0.1) is 12.8 Å². The zero-order valence-corrected chi connectivity index (χ0v) is 15.3. The Morgan fingerprint density at radius 3 is 2.65 bits per heavy atom. The molecule has 0 saturated heterocycles. The summed E-state index contributed by atoms with van der Waals surface area (Å²) in [7, 11) is 3.45. The van der Waals surface area contributed by atoms with Crippen molar-refractivity contribution in [2.24, 2.45) is 13.0 Å². The Kier molecular flexibility index (Phi) is 5.01. The molecule has 2 aromatic heterocycles. The van der Waals surface area contributed by atoms with Gasteiger partial charge < -0.3 is 10.1 Å². The van der Waals surface area contributed by atoms with E-state index in [0.29, 0.717) is 12.4 Å². The summed E-state index contributed by atoms with van der Waals surface area (Å²) in [6, 6.07) is 7.69. The van der Waals surface area contributed by atoms with Gasteiger partial charge in [0, 0.05) is 12.6 Å². The summed E-state index contributed by atoms with van der Waals surface area (Å²) in [5, 5.41) is 11.5. The maximum Gasteiger partial charge on any atom is 0.230 e. The van der Waals surface area contributed by atoms with E-state index in [0.717, 1.165) is 22.6 Å². The lowest BCUT2D eigenvalue weighted by molar-refractivity contribution is -0.119. The fraction of sp³-hybridized carbons (Fsp3) is 0.333. The number of methoxy groups -OCH3 is 1. The number of amides is 1. The van der Waals surface area contributed by atoms with Crippen molar-refractivity contribution in [1.29, 1.82) is 0 Å². The second kappa shape index (κ2) is 7.38. The number of aryl methyl sites for hydroxylation is 2. The highest BCUT2D eigenvalue weighted by molar-refractivity contribution is 5.96. The van der Waals surface area contributed by atoms with Crippen LogP contribution in [0.1, 0.15) is 12.6 Å². The van der Waals surface area contributed by atoms with Gasteiger partial charge in [0.1, 0.15) is 24.2 Å². The van der Waals surface area contributed by atoms with Crippen LogP contribution in [0.15, 0.2) is 36.9 Å². The quantitative estimate of drug-likeness (QED) is 0.734. The average Bonchev–Trinajstić information content (AvgIpc) is 3.23. The predicted molar refractivity (Wildman–Crippen MR) is 97.7 cm³/mol. The minimum absolute atomic E-state index is 0.0988. The number of rotatable bonds is 6. The second-order valence-electron chi connectivity index (χ2n) is 6.17. The molecule has 0 aliphatic rings. The first-order valence-electron chi connectivity index (χ1n) is 8.31. The fourth-order valence-corrected chi connectivity index (χ4v) is 2.84. The van der Waals surface area contributed by atoms with E-state index >= 15 is 0 Å². The lowest BCUT2D eigenvalue weighted by Crippen LogP contribution is -2.26. The SMILES string of the molecule is COc1ccc(-c2c(C)nn(C)c2NC(=O)C(C)Cn2cncn2)cc1. The van der Waals surface area contributed by atoms with Gasteiger partial charge in [0.25, 0.3) is 0 Å². The van der Waals surface area contributed by atoms with E-state index in [2.05, 4.69) is 20.5 Å². The van der Waals surface area contributed by atoms with E-state index in [9.17, 15) is 4.79 Å². The molecule has 1 unspecified atom stereocenters. The fourth-order valence-electron chi connectivity index (χ4n) is 2.84. The number of benzene rings is 1. The third-order valence-corrected chi connectivity index (χ3v) is 4.22. The number of aromatic nitrogens is 5. The standard InChI is InChI=1S/C18H22N6O2/c1-12(9-24-11-19-10-20-24)18(25)21-17-16(13(2)22-23(17)3)14-5-7-15(26-4)8-6-14/h5-8,10-12H,9H2,1-4H3,(H,21,25). The first kappa shape index (κ1) is 17.7. The van der Waals surface area contributed by atoms with Gasteiger partial charge >= 0.3 is 0 Å². The van der Waals surface area contributed by atoms with Crippen molar-refractivity contribution in [3.05, 3.63) is 42.6 Å². The molecule has 0 aliphatic carbocycles. The van der Waals surface area contributed by atoms with Gasteiger partial charge in [-0.25, -0.2) is 4.98 Å². The highest BCUT2D eigenvalue weighted by Gasteiger charge is 2.21. The number of nitrogens with one attached hydrogen (secondary N) is 1. The van der Waals surface area contributed by atoms with Crippen LogP contribution in [0.5, 0.6) is 5.75 Å². The van der Waals surface area contributed by atoms with Crippen molar-refractivity contribution < 1.29 is 9.53 Å². The Morgan fingerprint density at radius 1 is 1.31 bits per heavy atom. The van der Waals surface area contributed by atoms with E-state index in [1.165, 1.54) is 6.33 Å². The molecule has 0 bridgehead atoms. The molecule has 0 spiro atoms. The van der Waals surface area contributed by atoms with E-state index in [1.54, 1.807) is 22.8 Å². The minimum atomic E-state index is -0.268. The van der Waals surface area contributed by atoms with E-state index in [4.69, 9.17) is 4.74 Å². The summed E-state index contributed by atoms with van der Waals surface area (Å²) in [4.78, 5) is 16.6. The van der Waals surface area contributed by atoms with E-state index in [-0.39, 0.29) is 11.8 Å². The van der Waals surface area contributed by atoms with Gasteiger partial charge in [0.05, 0.1) is 25.3 Å². The van der Waals surface area contributed by atoms with Crippen molar-refractivity contribution in [3.63, 3.8) is 0 Å². The van der Waals surface area contributed by atoms with Crippen LogP contribution in [0.3, 0.4) is 0 Å². The molecule has 0 radical (unpaired) electrons. The van der Waals surface area contributed by atoms with Crippen LogP contribution in [0.25, 0.3) is 11.1 Å². The molecule has 3 aromatic rings. The third kappa shape index (κ3) is 3.58. The summed E-state index contributed by atoms with van der Waals surface area (Å²) in [6.45, 7) is 4.24. The molecule has 0 saturated carbocycles. The Bertz CT molecular complexity index is 883.